The Labute approximate surface area is 150 Å². The Morgan fingerprint density at radius 3 is 2.35 bits per heavy atom. The Balaban J connectivity index is 1.87. The molecule has 0 aliphatic rings. The van der Waals surface area contributed by atoms with Crippen LogP contribution in [0.25, 0.3) is 5.57 Å². The molecule has 0 N–H and O–H groups in total. The molecule has 3 nitrogen and oxygen atoms in total. The smallest absolute Gasteiger partial charge is 0.338 e. The first-order valence-electron chi connectivity index (χ1n) is 7.43. The van der Waals surface area contributed by atoms with Gasteiger partial charge in [0.1, 0.15) is 0 Å². The average molecular weight is 422 g/mol. The molecule has 2 rings (SSSR count). The van der Waals surface area contributed by atoms with Crippen LogP contribution in [0.3, 0.4) is 0 Å². The van der Waals surface area contributed by atoms with Gasteiger partial charge in [0.2, 0.25) is 0 Å². The molecule has 23 heavy (non-hydrogen) atoms. The van der Waals surface area contributed by atoms with Gasteiger partial charge in [-0.15, -0.1) is 0 Å². The molecule has 0 atom stereocenters. The topological polar surface area (TPSA) is 35.5 Å². The largest absolute Gasteiger partial charge is 0.462 e. The molecule has 0 bridgehead atoms. The molecule has 0 aliphatic heterocycles. The Bertz CT molecular complexity index is 648. The summed E-state index contributed by atoms with van der Waals surface area (Å²) in [6.07, 6.45) is 0. The number of carbonyl (C=O) groups is 1. The first kappa shape index (κ1) is 17.7. The van der Waals surface area contributed by atoms with Crippen LogP contribution in [-0.4, -0.2) is 19.2 Å². The summed E-state index contributed by atoms with van der Waals surface area (Å²) in [4.78, 5) is 11.6. The van der Waals surface area contributed by atoms with Crippen LogP contribution in [0.15, 0.2) is 58.7 Å². The third-order valence-electron chi connectivity index (χ3n) is 3.27. The quantitative estimate of drug-likeness (QED) is 0.473. The lowest BCUT2D eigenvalue weighted by Gasteiger charge is -2.09. The van der Waals surface area contributed by atoms with Crippen LogP contribution >= 0.6 is 22.6 Å². The zero-order chi connectivity index (χ0) is 16.5. The van der Waals surface area contributed by atoms with E-state index in [4.69, 9.17) is 9.47 Å². The standard InChI is InChI=1S/C19H19IO3/c1-2-23-19(21)17-10-8-15(9-11-17)13-22-14-18(12-20)16-6-4-3-5-7-16/h3-12H,2,13-14H2,1H3. The van der Waals surface area contributed by atoms with Gasteiger partial charge in [-0.25, -0.2) is 4.79 Å². The van der Waals surface area contributed by atoms with Gasteiger partial charge >= 0.3 is 5.97 Å². The van der Waals surface area contributed by atoms with E-state index in [-0.39, 0.29) is 5.97 Å². The number of hydrogen-bond donors (Lipinski definition) is 0. The van der Waals surface area contributed by atoms with Gasteiger partial charge < -0.3 is 9.47 Å². The zero-order valence-electron chi connectivity index (χ0n) is 13.0. The van der Waals surface area contributed by atoms with Crippen molar-refractivity contribution in [2.45, 2.75) is 13.5 Å². The van der Waals surface area contributed by atoms with Crippen molar-refractivity contribution in [3.05, 3.63) is 75.4 Å². The van der Waals surface area contributed by atoms with Gasteiger partial charge in [0.25, 0.3) is 0 Å². The number of esters is 1. The molecule has 0 unspecified atom stereocenters. The predicted octanol–water partition coefficient (Wildman–Crippen LogP) is 4.86. The number of carbonyl (C=O) groups excluding carboxylic acids is 1. The highest BCUT2D eigenvalue weighted by Gasteiger charge is 2.06. The Morgan fingerprint density at radius 2 is 1.74 bits per heavy atom. The third kappa shape index (κ3) is 5.48. The molecule has 0 spiro atoms. The summed E-state index contributed by atoms with van der Waals surface area (Å²) < 4.78 is 12.8. The maximum atomic E-state index is 11.6. The lowest BCUT2D eigenvalue weighted by Crippen LogP contribution is -2.04. The molecule has 2 aromatic carbocycles. The molecule has 0 aromatic heterocycles. The second-order valence-corrected chi connectivity index (χ2v) is 5.53. The lowest BCUT2D eigenvalue weighted by atomic mass is 10.1. The van der Waals surface area contributed by atoms with Crippen molar-refractivity contribution >= 4 is 34.1 Å². The highest BCUT2D eigenvalue weighted by molar-refractivity contribution is 14.1. The van der Waals surface area contributed by atoms with Crippen LogP contribution in [0.1, 0.15) is 28.4 Å². The fourth-order valence-electron chi connectivity index (χ4n) is 2.06. The molecule has 0 radical (unpaired) electrons. The first-order chi connectivity index (χ1) is 11.2. The molecular weight excluding hydrogens is 403 g/mol. The van der Waals surface area contributed by atoms with Gasteiger partial charge in [0.05, 0.1) is 25.4 Å². The van der Waals surface area contributed by atoms with E-state index in [0.29, 0.717) is 25.4 Å². The fourth-order valence-corrected chi connectivity index (χ4v) is 2.60. The molecule has 0 aliphatic carbocycles. The number of ether oxygens (including phenoxy) is 2. The van der Waals surface area contributed by atoms with Crippen LogP contribution in [0, 0.1) is 0 Å². The summed E-state index contributed by atoms with van der Waals surface area (Å²) in [7, 11) is 0. The van der Waals surface area contributed by atoms with E-state index >= 15 is 0 Å². The highest BCUT2D eigenvalue weighted by Crippen LogP contribution is 2.17. The van der Waals surface area contributed by atoms with E-state index in [1.807, 2.05) is 34.4 Å². The van der Waals surface area contributed by atoms with Crippen LogP contribution in [0.2, 0.25) is 0 Å². The predicted molar refractivity (Wildman–Crippen MR) is 100 cm³/mol. The van der Waals surface area contributed by atoms with E-state index in [9.17, 15) is 4.79 Å². The number of halogens is 1. The summed E-state index contributed by atoms with van der Waals surface area (Å²) in [5.41, 5.74) is 3.90. The summed E-state index contributed by atoms with van der Waals surface area (Å²) in [5, 5.41) is 0. The van der Waals surface area contributed by atoms with E-state index in [0.717, 1.165) is 11.1 Å². The molecule has 120 valence electrons. The van der Waals surface area contributed by atoms with Crippen LogP contribution < -0.4 is 0 Å². The monoisotopic (exact) mass is 422 g/mol. The second kappa shape index (κ2) is 9.47. The minimum atomic E-state index is -0.292. The highest BCUT2D eigenvalue weighted by atomic mass is 127. The molecule has 0 heterocycles. The Hall–Kier alpha value is -1.66. The minimum absolute atomic E-state index is 0.292. The summed E-state index contributed by atoms with van der Waals surface area (Å²) in [6, 6.07) is 17.5. The van der Waals surface area contributed by atoms with Crippen molar-refractivity contribution in [1.29, 1.82) is 0 Å². The zero-order valence-corrected chi connectivity index (χ0v) is 15.2. The molecule has 0 fully saturated rings. The third-order valence-corrected chi connectivity index (χ3v) is 4.02. The van der Waals surface area contributed by atoms with Gasteiger partial charge in [-0.2, -0.15) is 0 Å². The summed E-state index contributed by atoms with van der Waals surface area (Å²) >= 11 is 2.23. The molecule has 4 heteroatoms. The number of hydrogen-bond acceptors (Lipinski definition) is 3. The van der Waals surface area contributed by atoms with Gasteiger partial charge in [0, 0.05) is 0 Å². The van der Waals surface area contributed by atoms with Gasteiger partial charge in [-0.3, -0.25) is 0 Å². The second-order valence-electron chi connectivity index (χ2n) is 4.91. The lowest BCUT2D eigenvalue weighted by molar-refractivity contribution is 0.0526. The Morgan fingerprint density at radius 1 is 1.04 bits per heavy atom. The van der Waals surface area contributed by atoms with Gasteiger partial charge in [-0.05, 0) is 39.8 Å². The van der Waals surface area contributed by atoms with Crippen molar-refractivity contribution in [2.24, 2.45) is 0 Å². The van der Waals surface area contributed by atoms with Crippen LogP contribution in [0.4, 0.5) is 0 Å². The van der Waals surface area contributed by atoms with Crippen molar-refractivity contribution in [3.63, 3.8) is 0 Å². The van der Waals surface area contributed by atoms with E-state index < -0.39 is 0 Å². The van der Waals surface area contributed by atoms with E-state index in [1.54, 1.807) is 19.1 Å². The Kier molecular flexibility index (Phi) is 7.29. The van der Waals surface area contributed by atoms with Crippen LogP contribution in [0.5, 0.6) is 0 Å². The van der Waals surface area contributed by atoms with Gasteiger partial charge in [-0.1, -0.05) is 65.1 Å². The average Bonchev–Trinajstić information content (AvgIpc) is 2.60. The molecular formula is C19H19IO3. The number of rotatable bonds is 7. The molecule has 0 saturated heterocycles. The van der Waals surface area contributed by atoms with Crippen molar-refractivity contribution < 1.29 is 14.3 Å². The maximum Gasteiger partial charge on any atom is 0.338 e. The first-order valence-corrected chi connectivity index (χ1v) is 8.67. The molecule has 2 aromatic rings. The van der Waals surface area contributed by atoms with Crippen molar-refractivity contribution in [3.8, 4) is 0 Å². The maximum absolute atomic E-state index is 11.6. The van der Waals surface area contributed by atoms with Gasteiger partial charge in [0.15, 0.2) is 0 Å². The SMILES string of the molecule is CCOC(=O)c1ccc(COCC(=CI)c2ccccc2)cc1. The normalized spacial score (nSPS) is 11.3. The minimum Gasteiger partial charge on any atom is -0.462 e. The molecule has 0 amide bonds. The summed E-state index contributed by atoms with van der Waals surface area (Å²) in [6.45, 7) is 3.23. The molecule has 0 saturated carbocycles. The number of benzene rings is 2. The van der Waals surface area contributed by atoms with E-state index in [2.05, 4.69) is 34.7 Å². The summed E-state index contributed by atoms with van der Waals surface area (Å²) in [5.74, 6) is -0.292. The van der Waals surface area contributed by atoms with Crippen molar-refractivity contribution in [1.82, 2.24) is 0 Å². The van der Waals surface area contributed by atoms with E-state index in [1.165, 1.54) is 5.56 Å². The fraction of sp³-hybridized carbons (Fsp3) is 0.211. The van der Waals surface area contributed by atoms with Crippen LogP contribution in [-0.2, 0) is 16.1 Å². The van der Waals surface area contributed by atoms with Crippen molar-refractivity contribution in [2.75, 3.05) is 13.2 Å².